The zero-order valence-electron chi connectivity index (χ0n) is 17.5. The molecular formula is C24H31NO3. The number of amides is 1. The van der Waals surface area contributed by atoms with Gasteiger partial charge in [-0.25, -0.2) is 0 Å². The zero-order chi connectivity index (χ0) is 20.3. The van der Waals surface area contributed by atoms with Gasteiger partial charge in [-0.2, -0.15) is 0 Å². The van der Waals surface area contributed by atoms with E-state index in [1.807, 2.05) is 26.0 Å². The van der Waals surface area contributed by atoms with Crippen LogP contribution in [-0.4, -0.2) is 19.1 Å². The highest BCUT2D eigenvalue weighted by atomic mass is 16.5. The number of aryl methyl sites for hydroxylation is 2. The number of nitrogens with one attached hydrogen (secondary N) is 1. The van der Waals surface area contributed by atoms with Crippen molar-refractivity contribution in [3.05, 3.63) is 58.7 Å². The Bertz CT molecular complexity index is 844. The van der Waals surface area contributed by atoms with Crippen molar-refractivity contribution in [3.8, 4) is 11.5 Å². The van der Waals surface area contributed by atoms with Crippen LogP contribution in [0, 0.1) is 6.92 Å². The van der Waals surface area contributed by atoms with Crippen molar-refractivity contribution in [3.63, 3.8) is 0 Å². The first kappa shape index (κ1) is 20.2. The van der Waals surface area contributed by atoms with Gasteiger partial charge in [0.1, 0.15) is 11.5 Å². The maximum absolute atomic E-state index is 12.9. The normalized spacial score (nSPS) is 17.0. The Morgan fingerprint density at radius 1 is 1.14 bits per heavy atom. The Kier molecular flexibility index (Phi) is 6.28. The predicted octanol–water partition coefficient (Wildman–Crippen LogP) is 5.09. The molecule has 2 aromatic carbocycles. The maximum Gasteiger partial charge on any atom is 0.261 e. The second-order valence-corrected chi connectivity index (χ2v) is 7.97. The van der Waals surface area contributed by atoms with Crippen molar-refractivity contribution in [1.29, 1.82) is 0 Å². The van der Waals surface area contributed by atoms with Crippen LogP contribution in [0.25, 0.3) is 0 Å². The van der Waals surface area contributed by atoms with Crippen molar-refractivity contribution in [1.82, 2.24) is 5.32 Å². The van der Waals surface area contributed by atoms with Gasteiger partial charge < -0.3 is 14.8 Å². The number of benzene rings is 2. The molecule has 1 N–H and O–H groups in total. The van der Waals surface area contributed by atoms with Crippen LogP contribution in [0.15, 0.2) is 36.4 Å². The fourth-order valence-electron chi connectivity index (χ4n) is 3.82. The predicted molar refractivity (Wildman–Crippen MR) is 112 cm³/mol. The minimum Gasteiger partial charge on any atom is -0.497 e. The fraction of sp³-hybridized carbons (Fsp3) is 0.458. The molecule has 0 saturated carbocycles. The SMILES string of the molecule is COc1ccc2c(c1)CCC[C@H]2NC(=O)[C@@H](C)Oc1cc(C)ccc1C(C)C. The summed E-state index contributed by atoms with van der Waals surface area (Å²) >= 11 is 0. The summed E-state index contributed by atoms with van der Waals surface area (Å²) < 4.78 is 11.4. The third-order valence-electron chi connectivity index (χ3n) is 5.45. The smallest absolute Gasteiger partial charge is 0.261 e. The topological polar surface area (TPSA) is 47.6 Å². The first-order chi connectivity index (χ1) is 13.4. The van der Waals surface area contributed by atoms with Crippen LogP contribution in [0.4, 0.5) is 0 Å². The number of rotatable bonds is 6. The molecule has 0 heterocycles. The van der Waals surface area contributed by atoms with E-state index >= 15 is 0 Å². The van der Waals surface area contributed by atoms with Crippen molar-refractivity contribution in [2.75, 3.05) is 7.11 Å². The van der Waals surface area contributed by atoms with Crippen molar-refractivity contribution < 1.29 is 14.3 Å². The number of fused-ring (bicyclic) bond motifs is 1. The van der Waals surface area contributed by atoms with E-state index < -0.39 is 6.10 Å². The van der Waals surface area contributed by atoms with E-state index in [2.05, 4.69) is 43.4 Å². The fourth-order valence-corrected chi connectivity index (χ4v) is 3.82. The monoisotopic (exact) mass is 381 g/mol. The largest absolute Gasteiger partial charge is 0.497 e. The van der Waals surface area contributed by atoms with Crippen molar-refractivity contribution in [2.45, 2.75) is 65.0 Å². The van der Waals surface area contributed by atoms with Gasteiger partial charge in [-0.05, 0) is 79.5 Å². The molecule has 4 nitrogen and oxygen atoms in total. The first-order valence-corrected chi connectivity index (χ1v) is 10.1. The van der Waals surface area contributed by atoms with Crippen LogP contribution in [-0.2, 0) is 11.2 Å². The minimum absolute atomic E-state index is 0.0234. The molecule has 2 aromatic rings. The zero-order valence-corrected chi connectivity index (χ0v) is 17.5. The molecule has 2 atom stereocenters. The number of methoxy groups -OCH3 is 1. The van der Waals surface area contributed by atoms with E-state index in [0.717, 1.165) is 41.9 Å². The summed E-state index contributed by atoms with van der Waals surface area (Å²) in [6, 6.07) is 12.3. The molecule has 150 valence electrons. The Hall–Kier alpha value is -2.49. The van der Waals surface area contributed by atoms with E-state index in [9.17, 15) is 4.79 Å². The van der Waals surface area contributed by atoms with Gasteiger partial charge in [0.25, 0.3) is 5.91 Å². The molecule has 1 aliphatic rings. The van der Waals surface area contributed by atoms with Crippen LogP contribution in [0.1, 0.15) is 67.8 Å². The standard InChI is InChI=1S/C24H31NO3/c1-15(2)20-11-9-16(3)13-23(20)28-17(4)24(26)25-22-8-6-7-18-14-19(27-5)10-12-21(18)22/h9-15,17,22H,6-8H2,1-5H3,(H,25,26)/t17-,22-/m1/s1. The van der Waals surface area contributed by atoms with Crippen LogP contribution in [0.2, 0.25) is 0 Å². The van der Waals surface area contributed by atoms with Crippen molar-refractivity contribution in [2.24, 2.45) is 0 Å². The summed E-state index contributed by atoms with van der Waals surface area (Å²) in [5, 5.41) is 3.19. The molecule has 4 heteroatoms. The van der Waals surface area contributed by atoms with Gasteiger partial charge in [0.05, 0.1) is 13.2 Å². The summed E-state index contributed by atoms with van der Waals surface area (Å²) in [7, 11) is 1.68. The number of carbonyl (C=O) groups is 1. The van der Waals surface area contributed by atoms with Crippen LogP contribution < -0.4 is 14.8 Å². The number of ether oxygens (including phenoxy) is 2. The molecule has 3 rings (SSSR count). The quantitative estimate of drug-likeness (QED) is 0.758. The lowest BCUT2D eigenvalue weighted by Crippen LogP contribution is -2.39. The minimum atomic E-state index is -0.553. The van der Waals surface area contributed by atoms with Gasteiger partial charge in [0, 0.05) is 0 Å². The third-order valence-corrected chi connectivity index (χ3v) is 5.45. The molecule has 0 radical (unpaired) electrons. The molecule has 28 heavy (non-hydrogen) atoms. The van der Waals surface area contributed by atoms with Crippen LogP contribution >= 0.6 is 0 Å². The first-order valence-electron chi connectivity index (χ1n) is 10.1. The summed E-state index contributed by atoms with van der Waals surface area (Å²) in [5.74, 6) is 1.92. The molecule has 0 aromatic heterocycles. The average Bonchev–Trinajstić information content (AvgIpc) is 2.67. The Morgan fingerprint density at radius 3 is 2.64 bits per heavy atom. The van der Waals surface area contributed by atoms with Gasteiger partial charge in [-0.3, -0.25) is 4.79 Å². The Labute approximate surface area is 168 Å². The van der Waals surface area contributed by atoms with E-state index in [1.54, 1.807) is 7.11 Å². The maximum atomic E-state index is 12.9. The number of carbonyl (C=O) groups excluding carboxylic acids is 1. The second-order valence-electron chi connectivity index (χ2n) is 7.97. The second kappa shape index (κ2) is 8.68. The summed E-state index contributed by atoms with van der Waals surface area (Å²) in [5.41, 5.74) is 4.69. The van der Waals surface area contributed by atoms with Gasteiger partial charge in [0.2, 0.25) is 0 Å². The Balaban J connectivity index is 1.72. The molecular weight excluding hydrogens is 350 g/mol. The van der Waals surface area contributed by atoms with E-state index in [1.165, 1.54) is 11.1 Å². The van der Waals surface area contributed by atoms with Gasteiger partial charge >= 0.3 is 0 Å². The van der Waals surface area contributed by atoms with Gasteiger partial charge in [-0.1, -0.05) is 32.0 Å². The molecule has 0 fully saturated rings. The lowest BCUT2D eigenvalue weighted by Gasteiger charge is -2.28. The van der Waals surface area contributed by atoms with Crippen LogP contribution in [0.5, 0.6) is 11.5 Å². The van der Waals surface area contributed by atoms with Gasteiger partial charge in [0.15, 0.2) is 6.10 Å². The molecule has 0 aliphatic heterocycles. The molecule has 1 amide bonds. The van der Waals surface area contributed by atoms with E-state index in [0.29, 0.717) is 5.92 Å². The third kappa shape index (κ3) is 4.49. The summed E-state index contributed by atoms with van der Waals surface area (Å²) in [4.78, 5) is 12.9. The highest BCUT2D eigenvalue weighted by Gasteiger charge is 2.25. The lowest BCUT2D eigenvalue weighted by atomic mass is 9.87. The summed E-state index contributed by atoms with van der Waals surface area (Å²) in [6.45, 7) is 8.12. The number of hydrogen-bond acceptors (Lipinski definition) is 3. The van der Waals surface area contributed by atoms with Crippen molar-refractivity contribution >= 4 is 5.91 Å². The lowest BCUT2D eigenvalue weighted by molar-refractivity contribution is -0.128. The highest BCUT2D eigenvalue weighted by Crippen LogP contribution is 2.33. The van der Waals surface area contributed by atoms with E-state index in [4.69, 9.17) is 9.47 Å². The number of hydrogen-bond donors (Lipinski definition) is 1. The molecule has 0 spiro atoms. The highest BCUT2D eigenvalue weighted by molar-refractivity contribution is 5.81. The van der Waals surface area contributed by atoms with Gasteiger partial charge in [-0.15, -0.1) is 0 Å². The molecule has 0 bridgehead atoms. The Morgan fingerprint density at radius 2 is 1.93 bits per heavy atom. The molecule has 1 aliphatic carbocycles. The molecule has 0 unspecified atom stereocenters. The average molecular weight is 382 g/mol. The summed E-state index contributed by atoms with van der Waals surface area (Å²) in [6.07, 6.45) is 2.46. The van der Waals surface area contributed by atoms with Crippen LogP contribution in [0.3, 0.4) is 0 Å². The molecule has 0 saturated heterocycles. The van der Waals surface area contributed by atoms with E-state index in [-0.39, 0.29) is 11.9 Å².